The Bertz CT molecular complexity index is 978. The number of carboxylic acids is 1. The second kappa shape index (κ2) is 7.28. The second-order valence-electron chi connectivity index (χ2n) is 7.00. The van der Waals surface area contributed by atoms with Crippen molar-refractivity contribution in [1.82, 2.24) is 4.98 Å². The van der Waals surface area contributed by atoms with Crippen molar-refractivity contribution < 1.29 is 9.90 Å². The number of carbonyl (C=O) groups is 1. The maximum atomic E-state index is 11.8. The van der Waals surface area contributed by atoms with Crippen molar-refractivity contribution in [2.75, 3.05) is 6.54 Å². The van der Waals surface area contributed by atoms with E-state index >= 15 is 0 Å². The molecular weight excluding hydrogens is 360 g/mol. The van der Waals surface area contributed by atoms with Gasteiger partial charge < -0.3 is 5.11 Å². The highest BCUT2D eigenvalue weighted by Gasteiger charge is 2.32. The fourth-order valence-corrected chi connectivity index (χ4v) is 4.50. The Hall–Kier alpha value is -2.46. The van der Waals surface area contributed by atoms with Crippen molar-refractivity contribution in [3.63, 3.8) is 0 Å². The summed E-state index contributed by atoms with van der Waals surface area (Å²) in [6.07, 6.45) is 5.06. The van der Waals surface area contributed by atoms with E-state index in [9.17, 15) is 9.90 Å². The average molecular weight is 381 g/mol. The van der Waals surface area contributed by atoms with Gasteiger partial charge in [-0.15, -0.1) is 0 Å². The molecule has 1 aliphatic carbocycles. The van der Waals surface area contributed by atoms with Crippen molar-refractivity contribution in [3.05, 3.63) is 69.5 Å². The zero-order valence-corrected chi connectivity index (χ0v) is 16.0. The summed E-state index contributed by atoms with van der Waals surface area (Å²) in [5, 5.41) is 10.4. The number of benzene rings is 1. The summed E-state index contributed by atoms with van der Waals surface area (Å²) in [5.41, 5.74) is 6.96. The minimum atomic E-state index is -0.925. The Labute approximate surface area is 163 Å². The minimum Gasteiger partial charge on any atom is -0.477 e. The fraction of sp³-hybridized carbons (Fsp3) is 0.318. The highest BCUT2D eigenvalue weighted by Crippen LogP contribution is 2.40. The fourth-order valence-electron chi connectivity index (χ4n) is 4.30. The standard InChI is InChI=1S/C22H21ClN2O2/c1-2-16-18(9-11-25-21(16)22(26)27)19-17-8-7-15(23)12-14(17)6-5-13-4-3-10-24-20(13)19/h3-4,7-8,10,12,16H,2,5-6,9,11H2,1H3,(H,26,27). The van der Waals surface area contributed by atoms with Crippen LogP contribution in [0.4, 0.5) is 0 Å². The first kappa shape index (κ1) is 17.9. The van der Waals surface area contributed by atoms with E-state index in [1.54, 1.807) is 0 Å². The monoisotopic (exact) mass is 380 g/mol. The lowest BCUT2D eigenvalue weighted by atomic mass is 9.80. The summed E-state index contributed by atoms with van der Waals surface area (Å²) in [6, 6.07) is 10.1. The van der Waals surface area contributed by atoms with Crippen LogP contribution in [-0.4, -0.2) is 28.3 Å². The molecule has 27 heavy (non-hydrogen) atoms. The molecule has 0 radical (unpaired) electrons. The van der Waals surface area contributed by atoms with Crippen LogP contribution in [-0.2, 0) is 17.6 Å². The van der Waals surface area contributed by atoms with Gasteiger partial charge in [0.15, 0.2) is 0 Å². The highest BCUT2D eigenvalue weighted by molar-refractivity contribution is 6.37. The number of carboxylic acid groups (broad SMARTS) is 1. The molecule has 1 atom stereocenters. The van der Waals surface area contributed by atoms with Crippen LogP contribution < -0.4 is 0 Å². The third-order valence-electron chi connectivity index (χ3n) is 5.49. The number of nitrogens with zero attached hydrogens (tertiary/aromatic N) is 2. The molecule has 2 heterocycles. The van der Waals surface area contributed by atoms with E-state index in [2.05, 4.69) is 17.1 Å². The number of fused-ring (bicyclic) bond motifs is 2. The number of aromatic nitrogens is 1. The maximum absolute atomic E-state index is 11.8. The van der Waals surface area contributed by atoms with Gasteiger partial charge in [0, 0.05) is 29.3 Å². The maximum Gasteiger partial charge on any atom is 0.350 e. The van der Waals surface area contributed by atoms with Crippen molar-refractivity contribution in [2.45, 2.75) is 32.6 Å². The molecule has 1 N–H and O–H groups in total. The predicted molar refractivity (Wildman–Crippen MR) is 107 cm³/mol. The van der Waals surface area contributed by atoms with Gasteiger partial charge in [-0.3, -0.25) is 9.98 Å². The molecule has 0 saturated heterocycles. The number of pyridine rings is 1. The van der Waals surface area contributed by atoms with Gasteiger partial charge in [-0.25, -0.2) is 4.79 Å². The number of halogens is 1. The summed E-state index contributed by atoms with van der Waals surface area (Å²) in [4.78, 5) is 20.8. The molecule has 0 spiro atoms. The Morgan fingerprint density at radius 2 is 2.04 bits per heavy atom. The normalized spacial score (nSPS) is 21.7. The van der Waals surface area contributed by atoms with Crippen molar-refractivity contribution in [2.24, 2.45) is 10.9 Å². The van der Waals surface area contributed by atoms with Gasteiger partial charge in [-0.1, -0.05) is 30.7 Å². The van der Waals surface area contributed by atoms with E-state index in [4.69, 9.17) is 16.6 Å². The summed E-state index contributed by atoms with van der Waals surface area (Å²) in [7, 11) is 0. The number of aryl methyl sites for hydroxylation is 2. The second-order valence-corrected chi connectivity index (χ2v) is 7.43. The first-order valence-electron chi connectivity index (χ1n) is 9.34. The SMILES string of the molecule is CCC1C(C(=O)O)=NCCC1=C1c2ccc(Cl)cc2CCc2cccnc21. The van der Waals surface area contributed by atoms with E-state index < -0.39 is 5.97 Å². The molecular formula is C22H21ClN2O2. The molecule has 4 nitrogen and oxygen atoms in total. The van der Waals surface area contributed by atoms with Crippen LogP contribution in [0, 0.1) is 5.92 Å². The van der Waals surface area contributed by atoms with Crippen LogP contribution in [0.1, 0.15) is 42.1 Å². The van der Waals surface area contributed by atoms with Gasteiger partial charge in [0.2, 0.25) is 0 Å². The quantitative estimate of drug-likeness (QED) is 0.828. The van der Waals surface area contributed by atoms with E-state index in [0.717, 1.165) is 46.7 Å². The predicted octanol–water partition coefficient (Wildman–Crippen LogP) is 4.59. The molecule has 4 rings (SSSR count). The smallest absolute Gasteiger partial charge is 0.350 e. The van der Waals surface area contributed by atoms with Crippen molar-refractivity contribution in [1.29, 1.82) is 0 Å². The number of aliphatic carboxylic acids is 1. The number of rotatable bonds is 2. The largest absolute Gasteiger partial charge is 0.477 e. The van der Waals surface area contributed by atoms with Crippen LogP contribution in [0.2, 0.25) is 5.02 Å². The van der Waals surface area contributed by atoms with Gasteiger partial charge in [-0.05, 0) is 66.1 Å². The van der Waals surface area contributed by atoms with Gasteiger partial charge in [-0.2, -0.15) is 0 Å². The first-order valence-corrected chi connectivity index (χ1v) is 9.71. The zero-order valence-electron chi connectivity index (χ0n) is 15.2. The topological polar surface area (TPSA) is 62.5 Å². The van der Waals surface area contributed by atoms with E-state index in [-0.39, 0.29) is 11.6 Å². The van der Waals surface area contributed by atoms with Crippen LogP contribution in [0.3, 0.4) is 0 Å². The Morgan fingerprint density at radius 3 is 2.81 bits per heavy atom. The molecule has 0 fully saturated rings. The van der Waals surface area contributed by atoms with Crippen molar-refractivity contribution >= 4 is 28.9 Å². The number of aliphatic imine (C=N–C) groups is 1. The Morgan fingerprint density at radius 1 is 1.22 bits per heavy atom. The third kappa shape index (κ3) is 3.19. The molecule has 1 aliphatic heterocycles. The average Bonchev–Trinajstić information content (AvgIpc) is 2.83. The number of hydrogen-bond acceptors (Lipinski definition) is 3. The Kier molecular flexibility index (Phi) is 4.83. The van der Waals surface area contributed by atoms with Gasteiger partial charge >= 0.3 is 5.97 Å². The summed E-state index contributed by atoms with van der Waals surface area (Å²) in [5.74, 6) is -1.12. The molecule has 2 aliphatic rings. The van der Waals surface area contributed by atoms with E-state index in [1.165, 1.54) is 11.1 Å². The van der Waals surface area contributed by atoms with Gasteiger partial charge in [0.25, 0.3) is 0 Å². The minimum absolute atomic E-state index is 0.192. The summed E-state index contributed by atoms with van der Waals surface area (Å²) >= 11 is 6.27. The molecule has 0 amide bonds. The number of hydrogen-bond donors (Lipinski definition) is 1. The van der Waals surface area contributed by atoms with E-state index in [1.807, 2.05) is 31.3 Å². The van der Waals surface area contributed by atoms with E-state index in [0.29, 0.717) is 13.0 Å². The molecule has 0 saturated carbocycles. The lowest BCUT2D eigenvalue weighted by Crippen LogP contribution is -2.29. The van der Waals surface area contributed by atoms with Gasteiger partial charge in [0.05, 0.1) is 5.69 Å². The molecule has 5 heteroatoms. The Balaban J connectivity index is 2.02. The molecule has 1 aromatic carbocycles. The third-order valence-corrected chi connectivity index (χ3v) is 5.73. The van der Waals surface area contributed by atoms with Gasteiger partial charge in [0.1, 0.15) is 5.71 Å². The molecule has 1 aromatic heterocycles. The summed E-state index contributed by atoms with van der Waals surface area (Å²) < 4.78 is 0. The first-order chi connectivity index (χ1) is 13.1. The molecule has 2 aromatic rings. The zero-order chi connectivity index (χ0) is 19.0. The lowest BCUT2D eigenvalue weighted by molar-refractivity contribution is -0.129. The van der Waals surface area contributed by atoms with Crippen molar-refractivity contribution in [3.8, 4) is 0 Å². The van der Waals surface area contributed by atoms with Crippen LogP contribution in [0.5, 0.6) is 0 Å². The van der Waals surface area contributed by atoms with Crippen LogP contribution >= 0.6 is 11.6 Å². The lowest BCUT2D eigenvalue weighted by Gasteiger charge is -2.27. The summed E-state index contributed by atoms with van der Waals surface area (Å²) in [6.45, 7) is 2.52. The van der Waals surface area contributed by atoms with Crippen LogP contribution in [0.15, 0.2) is 47.1 Å². The molecule has 0 bridgehead atoms. The molecule has 138 valence electrons. The molecule has 1 unspecified atom stereocenters. The van der Waals surface area contributed by atoms with Crippen LogP contribution in [0.25, 0.3) is 5.57 Å². The highest BCUT2D eigenvalue weighted by atomic mass is 35.5.